The first-order chi connectivity index (χ1) is 11.5. The SMILES string of the molecule is O=[N+]([O-])c1cc(F)ccc1NC1CCN(C2CCCCC2O)CC1. The molecule has 1 aromatic carbocycles. The van der Waals surface area contributed by atoms with Crippen LogP contribution in [-0.4, -0.2) is 46.2 Å². The van der Waals surface area contributed by atoms with Crippen molar-refractivity contribution in [3.05, 3.63) is 34.1 Å². The highest BCUT2D eigenvalue weighted by atomic mass is 19.1. The summed E-state index contributed by atoms with van der Waals surface area (Å²) in [5, 5.41) is 24.4. The second-order valence-corrected chi connectivity index (χ2v) is 6.79. The summed E-state index contributed by atoms with van der Waals surface area (Å²) in [6.45, 7) is 1.74. The van der Waals surface area contributed by atoms with E-state index in [1.165, 1.54) is 18.6 Å². The Balaban J connectivity index is 1.59. The van der Waals surface area contributed by atoms with Crippen LogP contribution in [0.15, 0.2) is 18.2 Å². The predicted molar refractivity (Wildman–Crippen MR) is 89.5 cm³/mol. The van der Waals surface area contributed by atoms with Gasteiger partial charge < -0.3 is 10.4 Å². The molecule has 6 nitrogen and oxygen atoms in total. The van der Waals surface area contributed by atoms with E-state index >= 15 is 0 Å². The fourth-order valence-electron chi connectivity index (χ4n) is 3.89. The summed E-state index contributed by atoms with van der Waals surface area (Å²) in [5.74, 6) is -0.603. The van der Waals surface area contributed by atoms with E-state index in [0.29, 0.717) is 5.69 Å². The van der Waals surface area contributed by atoms with E-state index in [0.717, 1.165) is 51.3 Å². The minimum absolute atomic E-state index is 0.131. The molecular weight excluding hydrogens is 313 g/mol. The Labute approximate surface area is 140 Å². The van der Waals surface area contributed by atoms with Crippen LogP contribution in [0.5, 0.6) is 0 Å². The molecule has 0 radical (unpaired) electrons. The Hall–Kier alpha value is -1.73. The van der Waals surface area contributed by atoms with Crippen molar-refractivity contribution in [3.63, 3.8) is 0 Å². The fourth-order valence-corrected chi connectivity index (χ4v) is 3.89. The van der Waals surface area contributed by atoms with Gasteiger partial charge in [-0.2, -0.15) is 0 Å². The number of aliphatic hydroxyl groups excluding tert-OH is 1. The zero-order chi connectivity index (χ0) is 17.1. The highest BCUT2D eigenvalue weighted by molar-refractivity contribution is 5.61. The summed E-state index contributed by atoms with van der Waals surface area (Å²) in [4.78, 5) is 12.9. The maximum absolute atomic E-state index is 13.2. The number of hydrogen-bond donors (Lipinski definition) is 2. The quantitative estimate of drug-likeness (QED) is 0.652. The van der Waals surface area contributed by atoms with E-state index in [2.05, 4.69) is 10.2 Å². The highest BCUT2D eigenvalue weighted by Gasteiger charge is 2.31. The normalized spacial score (nSPS) is 26.2. The molecule has 0 spiro atoms. The number of anilines is 1. The van der Waals surface area contributed by atoms with Gasteiger partial charge >= 0.3 is 0 Å². The first kappa shape index (κ1) is 17.1. The molecule has 0 bridgehead atoms. The number of rotatable bonds is 4. The number of nitro groups is 1. The van der Waals surface area contributed by atoms with Gasteiger partial charge in [0.15, 0.2) is 0 Å². The van der Waals surface area contributed by atoms with E-state index in [1.54, 1.807) is 0 Å². The number of halogens is 1. The van der Waals surface area contributed by atoms with Crippen LogP contribution in [0.1, 0.15) is 38.5 Å². The standard InChI is InChI=1S/C17H24FN3O3/c18-12-5-6-14(16(11-12)21(23)24)19-13-7-9-20(10-8-13)15-3-1-2-4-17(15)22/h5-6,11,13,15,17,19,22H,1-4,7-10H2. The van der Waals surface area contributed by atoms with Crippen LogP contribution in [0.3, 0.4) is 0 Å². The van der Waals surface area contributed by atoms with Crippen molar-refractivity contribution in [2.45, 2.75) is 56.7 Å². The highest BCUT2D eigenvalue weighted by Crippen LogP contribution is 2.29. The zero-order valence-corrected chi connectivity index (χ0v) is 13.7. The van der Waals surface area contributed by atoms with Gasteiger partial charge in [-0.3, -0.25) is 15.0 Å². The van der Waals surface area contributed by atoms with Crippen molar-refractivity contribution < 1.29 is 14.4 Å². The molecule has 0 amide bonds. The molecule has 2 aliphatic rings. The molecule has 2 atom stereocenters. The van der Waals surface area contributed by atoms with Crippen molar-refractivity contribution in [1.82, 2.24) is 4.90 Å². The molecule has 1 aromatic rings. The fraction of sp³-hybridized carbons (Fsp3) is 0.647. The number of piperidine rings is 1. The molecule has 1 aliphatic carbocycles. The van der Waals surface area contributed by atoms with Gasteiger partial charge in [0.05, 0.1) is 17.1 Å². The number of hydrogen-bond acceptors (Lipinski definition) is 5. The van der Waals surface area contributed by atoms with Gasteiger partial charge in [0.2, 0.25) is 0 Å². The average molecular weight is 337 g/mol. The minimum Gasteiger partial charge on any atom is -0.391 e. The summed E-state index contributed by atoms with van der Waals surface area (Å²) in [6, 6.07) is 4.01. The van der Waals surface area contributed by atoms with Gasteiger partial charge in [0.1, 0.15) is 11.5 Å². The summed E-state index contributed by atoms with van der Waals surface area (Å²) < 4.78 is 13.2. The van der Waals surface area contributed by atoms with E-state index in [4.69, 9.17) is 0 Å². The molecule has 7 heteroatoms. The summed E-state index contributed by atoms with van der Waals surface area (Å²) in [7, 11) is 0. The molecule has 3 rings (SSSR count). The Kier molecular flexibility index (Phi) is 5.30. The number of likely N-dealkylation sites (tertiary alicyclic amines) is 1. The third-order valence-electron chi connectivity index (χ3n) is 5.21. The predicted octanol–water partition coefficient (Wildman–Crippen LogP) is 2.91. The van der Waals surface area contributed by atoms with Crippen LogP contribution in [0, 0.1) is 15.9 Å². The summed E-state index contributed by atoms with van der Waals surface area (Å²) in [5.41, 5.74) is 0.151. The maximum Gasteiger partial charge on any atom is 0.295 e. The maximum atomic E-state index is 13.2. The molecule has 2 fully saturated rings. The van der Waals surface area contributed by atoms with Gasteiger partial charge in [0.25, 0.3) is 5.69 Å². The Bertz CT molecular complexity index is 590. The lowest BCUT2D eigenvalue weighted by atomic mass is 9.89. The first-order valence-corrected chi connectivity index (χ1v) is 8.67. The lowest BCUT2D eigenvalue weighted by Gasteiger charge is -2.41. The largest absolute Gasteiger partial charge is 0.391 e. The van der Waals surface area contributed by atoms with E-state index in [1.807, 2.05) is 0 Å². The van der Waals surface area contributed by atoms with Crippen molar-refractivity contribution >= 4 is 11.4 Å². The molecule has 2 unspecified atom stereocenters. The van der Waals surface area contributed by atoms with Crippen LogP contribution < -0.4 is 5.32 Å². The second-order valence-electron chi connectivity index (χ2n) is 6.79. The summed E-state index contributed by atoms with van der Waals surface area (Å²) >= 11 is 0. The monoisotopic (exact) mass is 337 g/mol. The zero-order valence-electron chi connectivity index (χ0n) is 13.7. The van der Waals surface area contributed by atoms with Gasteiger partial charge in [-0.25, -0.2) is 4.39 Å². The minimum atomic E-state index is -0.603. The summed E-state index contributed by atoms with van der Waals surface area (Å²) in [6.07, 6.45) is 5.68. The van der Waals surface area contributed by atoms with Crippen LogP contribution in [-0.2, 0) is 0 Å². The molecule has 1 saturated heterocycles. The molecule has 1 aliphatic heterocycles. The van der Waals surface area contributed by atoms with Crippen LogP contribution in [0.4, 0.5) is 15.8 Å². The average Bonchev–Trinajstić information content (AvgIpc) is 2.57. The molecular formula is C17H24FN3O3. The third kappa shape index (κ3) is 3.84. The van der Waals surface area contributed by atoms with Gasteiger partial charge in [-0.1, -0.05) is 12.8 Å². The topological polar surface area (TPSA) is 78.6 Å². The molecule has 1 heterocycles. The van der Waals surface area contributed by atoms with Gasteiger partial charge in [-0.05, 0) is 37.8 Å². The molecule has 132 valence electrons. The Morgan fingerprint density at radius 2 is 1.92 bits per heavy atom. The second kappa shape index (κ2) is 7.44. The van der Waals surface area contributed by atoms with Crippen molar-refractivity contribution in [1.29, 1.82) is 0 Å². The third-order valence-corrected chi connectivity index (χ3v) is 5.21. The Morgan fingerprint density at radius 3 is 2.58 bits per heavy atom. The number of nitrogens with one attached hydrogen (secondary N) is 1. The van der Waals surface area contributed by atoms with E-state index in [-0.39, 0.29) is 23.9 Å². The van der Waals surface area contributed by atoms with Crippen LogP contribution >= 0.6 is 0 Å². The van der Waals surface area contributed by atoms with Gasteiger partial charge in [0, 0.05) is 25.2 Å². The Morgan fingerprint density at radius 1 is 1.21 bits per heavy atom. The number of nitrogens with zero attached hydrogens (tertiary/aromatic N) is 2. The molecule has 0 aromatic heterocycles. The molecule has 24 heavy (non-hydrogen) atoms. The van der Waals surface area contributed by atoms with Crippen LogP contribution in [0.25, 0.3) is 0 Å². The van der Waals surface area contributed by atoms with Crippen molar-refractivity contribution in [3.8, 4) is 0 Å². The lowest BCUT2D eigenvalue weighted by molar-refractivity contribution is -0.384. The molecule has 2 N–H and O–H groups in total. The van der Waals surface area contributed by atoms with E-state index < -0.39 is 10.7 Å². The molecule has 1 saturated carbocycles. The lowest BCUT2D eigenvalue weighted by Crippen LogP contribution is -2.50. The van der Waals surface area contributed by atoms with Crippen molar-refractivity contribution in [2.24, 2.45) is 0 Å². The van der Waals surface area contributed by atoms with Crippen LogP contribution in [0.2, 0.25) is 0 Å². The smallest absolute Gasteiger partial charge is 0.295 e. The number of nitro benzene ring substituents is 1. The number of aliphatic hydroxyl groups is 1. The van der Waals surface area contributed by atoms with Gasteiger partial charge in [-0.15, -0.1) is 0 Å². The first-order valence-electron chi connectivity index (χ1n) is 8.67. The number of benzene rings is 1. The van der Waals surface area contributed by atoms with E-state index in [9.17, 15) is 19.6 Å². The van der Waals surface area contributed by atoms with Crippen molar-refractivity contribution in [2.75, 3.05) is 18.4 Å².